The molecule has 0 aromatic heterocycles. The molecule has 0 aliphatic heterocycles. The van der Waals surface area contributed by atoms with Crippen LogP contribution < -0.4 is 5.32 Å². The van der Waals surface area contributed by atoms with Crippen LogP contribution in [0, 0.1) is 5.82 Å². The summed E-state index contributed by atoms with van der Waals surface area (Å²) in [5.74, 6) is -1.58. The van der Waals surface area contributed by atoms with Gasteiger partial charge in [0.15, 0.2) is 0 Å². The van der Waals surface area contributed by atoms with E-state index in [1.165, 1.54) is 36.2 Å². The van der Waals surface area contributed by atoms with E-state index in [4.69, 9.17) is 5.11 Å². The van der Waals surface area contributed by atoms with Crippen molar-refractivity contribution >= 4 is 21.8 Å². The molecule has 0 radical (unpaired) electrons. The van der Waals surface area contributed by atoms with Gasteiger partial charge in [-0.1, -0.05) is 42.5 Å². The quantitative estimate of drug-likeness (QED) is 0.558. The molecule has 0 saturated heterocycles. The van der Waals surface area contributed by atoms with E-state index in [0.717, 1.165) is 10.6 Å². The predicted molar refractivity (Wildman–Crippen MR) is 114 cm³/mol. The van der Waals surface area contributed by atoms with Crippen molar-refractivity contribution in [2.24, 2.45) is 0 Å². The zero-order chi connectivity index (χ0) is 23.0. The summed E-state index contributed by atoms with van der Waals surface area (Å²) in [6.45, 7) is -0.820. The molecule has 0 unspecified atom stereocenters. The highest BCUT2D eigenvalue weighted by molar-refractivity contribution is 7.88. The third-order valence-corrected chi connectivity index (χ3v) is 5.86. The number of amides is 2. The molecule has 2 rings (SSSR count). The molecule has 2 N–H and O–H groups in total. The van der Waals surface area contributed by atoms with Crippen LogP contribution in [0.3, 0.4) is 0 Å². The van der Waals surface area contributed by atoms with Gasteiger partial charge in [-0.05, 0) is 23.3 Å². The standard InChI is InChI=1S/C21H26FN3O5S/c1-24(31(2,29)30)15-19(27)25(14-16-8-10-18(22)11-9-16)20(21(28)23-12-13-26)17-6-4-3-5-7-17/h3-11,20,26H,12-15H2,1-2H3,(H,23,28)/t20-/m1/s1. The second-order valence-electron chi connectivity index (χ2n) is 6.99. The highest BCUT2D eigenvalue weighted by atomic mass is 32.2. The van der Waals surface area contributed by atoms with Crippen molar-refractivity contribution < 1.29 is 27.5 Å². The number of sulfonamides is 1. The number of hydrogen-bond acceptors (Lipinski definition) is 5. The lowest BCUT2D eigenvalue weighted by molar-refractivity contribution is -0.141. The Labute approximate surface area is 181 Å². The Morgan fingerprint density at radius 2 is 1.71 bits per heavy atom. The van der Waals surface area contributed by atoms with Crippen LogP contribution in [-0.4, -0.2) is 67.5 Å². The lowest BCUT2D eigenvalue weighted by Crippen LogP contribution is -2.47. The molecule has 0 aliphatic rings. The van der Waals surface area contributed by atoms with E-state index in [1.54, 1.807) is 30.3 Å². The van der Waals surface area contributed by atoms with Crippen molar-refractivity contribution in [1.29, 1.82) is 0 Å². The molecule has 0 fully saturated rings. The maximum absolute atomic E-state index is 13.3. The summed E-state index contributed by atoms with van der Waals surface area (Å²) in [6, 6.07) is 12.9. The largest absolute Gasteiger partial charge is 0.395 e. The van der Waals surface area contributed by atoms with E-state index >= 15 is 0 Å². The van der Waals surface area contributed by atoms with Gasteiger partial charge in [-0.15, -0.1) is 0 Å². The van der Waals surface area contributed by atoms with Gasteiger partial charge in [0.25, 0.3) is 0 Å². The summed E-state index contributed by atoms with van der Waals surface area (Å²) in [6.07, 6.45) is 0.979. The number of carbonyl (C=O) groups is 2. The number of benzene rings is 2. The minimum Gasteiger partial charge on any atom is -0.395 e. The SMILES string of the molecule is CN(CC(=O)N(Cc1ccc(F)cc1)[C@@H](C(=O)NCCO)c1ccccc1)S(C)(=O)=O. The van der Waals surface area contributed by atoms with Gasteiger partial charge in [0.05, 0.1) is 19.4 Å². The smallest absolute Gasteiger partial charge is 0.247 e. The van der Waals surface area contributed by atoms with Crippen molar-refractivity contribution in [3.05, 3.63) is 71.5 Å². The number of hydrogen-bond donors (Lipinski definition) is 2. The Bertz CT molecular complexity index is 984. The summed E-state index contributed by atoms with van der Waals surface area (Å²) in [5.41, 5.74) is 1.07. The first-order valence-electron chi connectivity index (χ1n) is 9.52. The molecule has 31 heavy (non-hydrogen) atoms. The molecule has 0 heterocycles. The minimum absolute atomic E-state index is 0.00993. The van der Waals surface area contributed by atoms with Crippen LogP contribution in [0.2, 0.25) is 0 Å². The molecular formula is C21H26FN3O5S. The first-order chi connectivity index (χ1) is 14.6. The van der Waals surface area contributed by atoms with Gasteiger partial charge in [-0.3, -0.25) is 9.59 Å². The average molecular weight is 452 g/mol. The molecule has 168 valence electrons. The summed E-state index contributed by atoms with van der Waals surface area (Å²) in [4.78, 5) is 27.4. The zero-order valence-electron chi connectivity index (χ0n) is 17.4. The molecule has 10 heteroatoms. The van der Waals surface area contributed by atoms with E-state index in [-0.39, 0.29) is 19.7 Å². The molecule has 2 aromatic rings. The van der Waals surface area contributed by atoms with Crippen LogP contribution in [0.4, 0.5) is 4.39 Å². The third-order valence-electron chi connectivity index (χ3n) is 4.60. The topological polar surface area (TPSA) is 107 Å². The number of halogens is 1. The van der Waals surface area contributed by atoms with Gasteiger partial charge in [0, 0.05) is 20.1 Å². The number of aliphatic hydroxyl groups excluding tert-OH is 1. The number of carbonyl (C=O) groups excluding carboxylic acids is 2. The van der Waals surface area contributed by atoms with Gasteiger partial charge >= 0.3 is 0 Å². The van der Waals surface area contributed by atoms with Crippen LogP contribution in [0.25, 0.3) is 0 Å². The van der Waals surface area contributed by atoms with Crippen molar-refractivity contribution in [2.75, 3.05) is 33.0 Å². The molecule has 0 spiro atoms. The third kappa shape index (κ3) is 7.12. The Hall–Kier alpha value is -2.82. The van der Waals surface area contributed by atoms with E-state index in [0.29, 0.717) is 11.1 Å². The maximum Gasteiger partial charge on any atom is 0.247 e. The summed E-state index contributed by atoms with van der Waals surface area (Å²) < 4.78 is 37.8. The van der Waals surface area contributed by atoms with Crippen molar-refractivity contribution in [2.45, 2.75) is 12.6 Å². The van der Waals surface area contributed by atoms with Crippen LogP contribution in [-0.2, 0) is 26.2 Å². The molecule has 2 aromatic carbocycles. The Balaban J connectivity index is 2.47. The lowest BCUT2D eigenvalue weighted by Gasteiger charge is -2.32. The van der Waals surface area contributed by atoms with Gasteiger partial charge in [-0.2, -0.15) is 4.31 Å². The van der Waals surface area contributed by atoms with Crippen LogP contribution >= 0.6 is 0 Å². The second-order valence-corrected chi connectivity index (χ2v) is 9.08. The van der Waals surface area contributed by atoms with Gasteiger partial charge in [0.2, 0.25) is 21.8 Å². The number of nitrogens with zero attached hydrogens (tertiary/aromatic N) is 2. The molecule has 0 bridgehead atoms. The fourth-order valence-corrected chi connectivity index (χ4v) is 3.24. The maximum atomic E-state index is 13.3. The lowest BCUT2D eigenvalue weighted by atomic mass is 10.0. The molecule has 2 amide bonds. The summed E-state index contributed by atoms with van der Waals surface area (Å²) in [5, 5.41) is 11.7. The highest BCUT2D eigenvalue weighted by Gasteiger charge is 2.32. The van der Waals surface area contributed by atoms with Gasteiger partial charge < -0.3 is 15.3 Å². The predicted octanol–water partition coefficient (Wildman–Crippen LogP) is 0.895. The average Bonchev–Trinajstić information content (AvgIpc) is 2.73. The van der Waals surface area contributed by atoms with Crippen molar-refractivity contribution in [3.63, 3.8) is 0 Å². The van der Waals surface area contributed by atoms with E-state index < -0.39 is 40.2 Å². The number of likely N-dealkylation sites (N-methyl/N-ethyl adjacent to an activating group) is 1. The Morgan fingerprint density at radius 1 is 1.10 bits per heavy atom. The van der Waals surface area contributed by atoms with Crippen LogP contribution in [0.1, 0.15) is 17.2 Å². The van der Waals surface area contributed by atoms with Crippen molar-refractivity contribution in [1.82, 2.24) is 14.5 Å². The fraction of sp³-hybridized carbons (Fsp3) is 0.333. The number of aliphatic hydroxyl groups is 1. The fourth-order valence-electron chi connectivity index (χ4n) is 2.89. The second kappa shape index (κ2) is 11.0. The van der Waals surface area contributed by atoms with E-state index in [2.05, 4.69) is 5.32 Å². The monoisotopic (exact) mass is 451 g/mol. The van der Waals surface area contributed by atoms with Gasteiger partial charge in [-0.25, -0.2) is 12.8 Å². The Morgan fingerprint density at radius 3 is 2.26 bits per heavy atom. The number of nitrogens with one attached hydrogen (secondary N) is 1. The summed E-state index contributed by atoms with van der Waals surface area (Å²) >= 11 is 0. The minimum atomic E-state index is -3.63. The number of rotatable bonds is 10. The first kappa shape index (κ1) is 24.4. The van der Waals surface area contributed by atoms with Gasteiger partial charge in [0.1, 0.15) is 11.9 Å². The molecule has 0 aliphatic carbocycles. The Kier molecular flexibility index (Phi) is 8.66. The first-order valence-corrected chi connectivity index (χ1v) is 11.4. The molecular weight excluding hydrogens is 425 g/mol. The van der Waals surface area contributed by atoms with Crippen LogP contribution in [0.5, 0.6) is 0 Å². The molecule has 8 nitrogen and oxygen atoms in total. The van der Waals surface area contributed by atoms with Crippen molar-refractivity contribution in [3.8, 4) is 0 Å². The normalized spacial score (nSPS) is 12.4. The molecule has 0 saturated carbocycles. The highest BCUT2D eigenvalue weighted by Crippen LogP contribution is 2.24. The molecule has 1 atom stereocenters. The van der Waals surface area contributed by atoms with Crippen LogP contribution in [0.15, 0.2) is 54.6 Å². The van der Waals surface area contributed by atoms with E-state index in [9.17, 15) is 22.4 Å². The van der Waals surface area contributed by atoms with E-state index in [1.807, 2.05) is 0 Å². The zero-order valence-corrected chi connectivity index (χ0v) is 18.2. The summed E-state index contributed by atoms with van der Waals surface area (Å²) in [7, 11) is -2.36.